The van der Waals surface area contributed by atoms with E-state index in [0.717, 1.165) is 0 Å². The molecule has 0 unspecified atom stereocenters. The van der Waals surface area contributed by atoms with Gasteiger partial charge < -0.3 is 20.0 Å². The number of methoxy groups -OCH3 is 1. The maximum atomic E-state index is 13.5. The number of carboxylic acids is 1. The Bertz CT molecular complexity index is 732. The predicted octanol–water partition coefficient (Wildman–Crippen LogP) is 0.869. The van der Waals surface area contributed by atoms with Gasteiger partial charge in [-0.3, -0.25) is 4.90 Å². The summed E-state index contributed by atoms with van der Waals surface area (Å²) < 4.78 is 18.3. The van der Waals surface area contributed by atoms with E-state index in [1.807, 2.05) is 0 Å². The van der Waals surface area contributed by atoms with E-state index in [1.165, 1.54) is 30.2 Å². The van der Waals surface area contributed by atoms with Crippen molar-refractivity contribution in [1.82, 2.24) is 10.2 Å². The van der Waals surface area contributed by atoms with E-state index in [4.69, 9.17) is 4.74 Å². The molecule has 0 saturated carbocycles. The van der Waals surface area contributed by atoms with E-state index in [0.29, 0.717) is 11.3 Å². The molecule has 1 atom stereocenters. The first kappa shape index (κ1) is 18.4. The third-order valence-corrected chi connectivity index (χ3v) is 3.95. The molecule has 1 N–H and O–H groups in total. The van der Waals surface area contributed by atoms with Crippen LogP contribution >= 0.6 is 0 Å². The molecular weight excluding hydrogens is 331 g/mol. The number of esters is 1. The number of rotatable bonds is 6. The number of allylic oxidation sites excluding steroid dienone is 1. The van der Waals surface area contributed by atoms with Gasteiger partial charge in [-0.05, 0) is 37.5 Å². The highest BCUT2D eigenvalue weighted by molar-refractivity contribution is 5.95. The fraction of sp³-hybridized carbons (Fsp3) is 0.353. The zero-order chi connectivity index (χ0) is 18.6. The van der Waals surface area contributed by atoms with Crippen molar-refractivity contribution in [3.05, 3.63) is 46.9 Å². The normalized spacial score (nSPS) is 17.3. The monoisotopic (exact) mass is 349 g/mol. The lowest BCUT2D eigenvalue weighted by Crippen LogP contribution is -2.48. The molecule has 25 heavy (non-hydrogen) atoms. The number of carbonyl (C=O) groups is 3. The first-order valence-corrected chi connectivity index (χ1v) is 7.67. The molecule has 0 fully saturated rings. The number of nitrogens with zero attached hydrogens (tertiary/aromatic N) is 1. The zero-order valence-corrected chi connectivity index (χ0v) is 13.9. The third kappa shape index (κ3) is 4.14. The van der Waals surface area contributed by atoms with Crippen molar-refractivity contribution in [3.8, 4) is 0 Å². The fourth-order valence-electron chi connectivity index (χ4n) is 2.74. The Morgan fingerprint density at radius 3 is 2.72 bits per heavy atom. The van der Waals surface area contributed by atoms with Crippen molar-refractivity contribution < 1.29 is 28.6 Å². The Kier molecular flexibility index (Phi) is 5.74. The van der Waals surface area contributed by atoms with Crippen molar-refractivity contribution in [2.45, 2.75) is 25.8 Å². The van der Waals surface area contributed by atoms with Crippen molar-refractivity contribution in [3.63, 3.8) is 0 Å². The molecule has 1 heterocycles. The first-order valence-electron chi connectivity index (χ1n) is 7.67. The van der Waals surface area contributed by atoms with E-state index in [-0.39, 0.29) is 25.0 Å². The second-order valence-corrected chi connectivity index (χ2v) is 5.56. The van der Waals surface area contributed by atoms with Crippen LogP contribution in [0.5, 0.6) is 0 Å². The van der Waals surface area contributed by atoms with Gasteiger partial charge in [0.05, 0.1) is 18.7 Å². The molecule has 1 aliphatic rings. The molecule has 7 nitrogen and oxygen atoms in total. The van der Waals surface area contributed by atoms with E-state index < -0.39 is 29.8 Å². The van der Waals surface area contributed by atoms with Crippen LogP contribution in [0.3, 0.4) is 0 Å². The number of halogens is 1. The summed E-state index contributed by atoms with van der Waals surface area (Å²) in [6.45, 7) is 1.66. The average molecular weight is 349 g/mol. The van der Waals surface area contributed by atoms with Crippen LogP contribution in [-0.4, -0.2) is 36.5 Å². The molecule has 0 saturated heterocycles. The Hall–Kier alpha value is -2.90. The highest BCUT2D eigenvalue weighted by Gasteiger charge is 2.36. The maximum Gasteiger partial charge on any atom is 0.337 e. The first-order chi connectivity index (χ1) is 11.8. The van der Waals surface area contributed by atoms with Gasteiger partial charge in [0.25, 0.3) is 0 Å². The summed E-state index contributed by atoms with van der Waals surface area (Å²) in [5.74, 6) is -2.37. The molecular formula is C17H18FN2O5-. The lowest BCUT2D eigenvalue weighted by molar-refractivity contribution is -0.305. The topological polar surface area (TPSA) is 98.8 Å². The second kappa shape index (κ2) is 7.78. The summed E-state index contributed by atoms with van der Waals surface area (Å²) in [4.78, 5) is 36.4. The number of amides is 2. The Labute approximate surface area is 144 Å². The molecule has 0 aliphatic carbocycles. The quantitative estimate of drug-likeness (QED) is 0.769. The van der Waals surface area contributed by atoms with E-state index >= 15 is 0 Å². The van der Waals surface area contributed by atoms with Crippen LogP contribution in [0.1, 0.15) is 31.4 Å². The largest absolute Gasteiger partial charge is 0.550 e. The van der Waals surface area contributed by atoms with Crippen LogP contribution in [0, 0.1) is 5.82 Å². The number of carboxylic acid groups (broad SMARTS) is 1. The van der Waals surface area contributed by atoms with Crippen LogP contribution in [-0.2, 0) is 14.3 Å². The highest BCUT2D eigenvalue weighted by atomic mass is 19.1. The van der Waals surface area contributed by atoms with Crippen LogP contribution in [0.15, 0.2) is 35.5 Å². The van der Waals surface area contributed by atoms with Crippen LogP contribution < -0.4 is 10.4 Å². The van der Waals surface area contributed by atoms with Gasteiger partial charge >= 0.3 is 12.0 Å². The molecule has 1 aliphatic heterocycles. The van der Waals surface area contributed by atoms with Gasteiger partial charge in [0.15, 0.2) is 0 Å². The van der Waals surface area contributed by atoms with E-state index in [1.54, 1.807) is 13.0 Å². The molecule has 0 radical (unpaired) electrons. The second-order valence-electron chi connectivity index (χ2n) is 5.56. The number of ether oxygens (including phenoxy) is 1. The number of hydrogen-bond acceptors (Lipinski definition) is 5. The number of benzene rings is 1. The minimum Gasteiger partial charge on any atom is -0.550 e. The molecule has 1 aromatic carbocycles. The van der Waals surface area contributed by atoms with Gasteiger partial charge in [0.1, 0.15) is 5.82 Å². The molecule has 0 bridgehead atoms. The number of aliphatic carboxylic acids is 1. The maximum absolute atomic E-state index is 13.5. The van der Waals surface area contributed by atoms with Gasteiger partial charge in [-0.2, -0.15) is 0 Å². The number of carbonyl (C=O) groups excluding carboxylic acids is 3. The lowest BCUT2D eigenvalue weighted by atomic mass is 9.94. The summed E-state index contributed by atoms with van der Waals surface area (Å²) in [7, 11) is 1.21. The minimum atomic E-state index is -1.22. The van der Waals surface area contributed by atoms with Gasteiger partial charge in [-0.1, -0.05) is 12.1 Å². The fourth-order valence-corrected chi connectivity index (χ4v) is 2.74. The van der Waals surface area contributed by atoms with Crippen molar-refractivity contribution in [2.75, 3.05) is 13.7 Å². The average Bonchev–Trinajstić information content (AvgIpc) is 2.56. The van der Waals surface area contributed by atoms with Crippen molar-refractivity contribution >= 4 is 18.0 Å². The molecule has 0 aromatic heterocycles. The van der Waals surface area contributed by atoms with E-state index in [9.17, 15) is 23.9 Å². The Morgan fingerprint density at radius 2 is 2.12 bits per heavy atom. The van der Waals surface area contributed by atoms with Gasteiger partial charge in [0.2, 0.25) is 0 Å². The third-order valence-electron chi connectivity index (χ3n) is 3.95. The van der Waals surface area contributed by atoms with Crippen LogP contribution in [0.25, 0.3) is 0 Å². The zero-order valence-electron chi connectivity index (χ0n) is 13.9. The van der Waals surface area contributed by atoms with E-state index in [2.05, 4.69) is 5.32 Å². The van der Waals surface area contributed by atoms with Gasteiger partial charge in [0, 0.05) is 18.2 Å². The highest BCUT2D eigenvalue weighted by Crippen LogP contribution is 2.31. The van der Waals surface area contributed by atoms with Gasteiger partial charge in [-0.25, -0.2) is 14.0 Å². The molecule has 2 rings (SSSR count). The lowest BCUT2D eigenvalue weighted by Gasteiger charge is -2.35. The molecule has 2 amide bonds. The molecule has 1 aromatic rings. The van der Waals surface area contributed by atoms with Gasteiger partial charge in [-0.15, -0.1) is 0 Å². The summed E-state index contributed by atoms with van der Waals surface area (Å²) >= 11 is 0. The number of nitrogens with one attached hydrogen (secondary N) is 1. The van der Waals surface area contributed by atoms with Crippen LogP contribution in [0.4, 0.5) is 9.18 Å². The Balaban J connectivity index is 2.39. The summed E-state index contributed by atoms with van der Waals surface area (Å²) in [6.07, 6.45) is -0.0376. The molecule has 134 valence electrons. The smallest absolute Gasteiger partial charge is 0.337 e. The molecule has 0 spiro atoms. The standard InChI is InChI=1S/C17H19FN2O5/c1-10-14(16(23)25-2)15(11-5-3-6-12(18)9-11)19-17(24)20(10)8-4-7-13(21)22/h3,5-6,9,15H,4,7-8H2,1-2H3,(H,19,24)(H,21,22)/p-1/t15-/m1/s1. The number of hydrogen-bond donors (Lipinski definition) is 1. The minimum absolute atomic E-state index is 0.0992. The van der Waals surface area contributed by atoms with Crippen molar-refractivity contribution in [2.24, 2.45) is 0 Å². The summed E-state index contributed by atoms with van der Waals surface area (Å²) in [5, 5.41) is 13.2. The van der Waals surface area contributed by atoms with Crippen LogP contribution in [0.2, 0.25) is 0 Å². The summed E-state index contributed by atoms with van der Waals surface area (Å²) in [6, 6.07) is 4.20. The van der Waals surface area contributed by atoms with Crippen molar-refractivity contribution in [1.29, 1.82) is 0 Å². The SMILES string of the molecule is COC(=O)C1=C(C)N(CCCC(=O)[O-])C(=O)N[C@@H]1c1cccc(F)c1. The Morgan fingerprint density at radius 1 is 1.40 bits per heavy atom. The summed E-state index contributed by atoms with van der Waals surface area (Å²) in [5.41, 5.74) is 0.909. The number of urea groups is 1. The molecule has 8 heteroatoms. The predicted molar refractivity (Wildman–Crippen MR) is 83.3 cm³/mol.